The van der Waals surface area contributed by atoms with Gasteiger partial charge in [0, 0.05) is 23.2 Å². The zero-order valence-electron chi connectivity index (χ0n) is 15.0. The molecule has 0 aliphatic rings. The molecule has 130 valence electrons. The van der Waals surface area contributed by atoms with E-state index in [0.29, 0.717) is 5.56 Å². The summed E-state index contributed by atoms with van der Waals surface area (Å²) in [6, 6.07) is 6.23. The van der Waals surface area contributed by atoms with Crippen molar-refractivity contribution in [3.05, 3.63) is 29.8 Å². The third kappa shape index (κ3) is 5.32. The van der Waals surface area contributed by atoms with Crippen molar-refractivity contribution < 1.29 is 13.2 Å². The van der Waals surface area contributed by atoms with Gasteiger partial charge in [-0.3, -0.25) is 4.79 Å². The van der Waals surface area contributed by atoms with Gasteiger partial charge in [0.05, 0.1) is 4.90 Å². The maximum Gasteiger partial charge on any atom is 0.254 e. The first kappa shape index (κ1) is 19.6. The summed E-state index contributed by atoms with van der Waals surface area (Å²) in [7, 11) is -3.59. The lowest BCUT2D eigenvalue weighted by molar-refractivity contribution is 0.0643. The minimum Gasteiger partial charge on any atom is -0.334 e. The van der Waals surface area contributed by atoms with Crippen LogP contribution < -0.4 is 4.72 Å². The van der Waals surface area contributed by atoms with Gasteiger partial charge in [-0.05, 0) is 72.7 Å². The van der Waals surface area contributed by atoms with Gasteiger partial charge in [0.1, 0.15) is 0 Å². The van der Waals surface area contributed by atoms with Crippen LogP contribution in [0.25, 0.3) is 0 Å². The molecule has 0 saturated carbocycles. The molecule has 0 unspecified atom stereocenters. The number of nitrogens with one attached hydrogen (secondary N) is 1. The summed E-state index contributed by atoms with van der Waals surface area (Å²) in [6.07, 6.45) is 0. The van der Waals surface area contributed by atoms with E-state index in [2.05, 4.69) is 4.72 Å². The molecule has 0 spiro atoms. The van der Waals surface area contributed by atoms with Gasteiger partial charge in [0.2, 0.25) is 10.0 Å². The summed E-state index contributed by atoms with van der Waals surface area (Å²) in [6.45, 7) is 13.2. The molecule has 0 bridgehead atoms. The highest BCUT2D eigenvalue weighted by atomic mass is 32.2. The Morgan fingerprint density at radius 1 is 1.00 bits per heavy atom. The molecule has 1 aromatic rings. The Hall–Kier alpha value is -1.40. The number of amides is 1. The maximum absolute atomic E-state index is 12.6. The zero-order valence-corrected chi connectivity index (χ0v) is 15.9. The highest BCUT2D eigenvalue weighted by Crippen LogP contribution is 2.17. The van der Waals surface area contributed by atoms with Gasteiger partial charge in [0.25, 0.3) is 5.91 Å². The van der Waals surface area contributed by atoms with Crippen LogP contribution in [0.15, 0.2) is 29.2 Å². The van der Waals surface area contributed by atoms with Gasteiger partial charge in [-0.15, -0.1) is 0 Å². The highest BCUT2D eigenvalue weighted by molar-refractivity contribution is 7.89. The molecule has 1 amide bonds. The zero-order chi connectivity index (χ0) is 18.0. The van der Waals surface area contributed by atoms with Gasteiger partial charge in [-0.1, -0.05) is 0 Å². The van der Waals surface area contributed by atoms with E-state index in [1.165, 1.54) is 12.1 Å². The lowest BCUT2D eigenvalue weighted by Crippen LogP contribution is -2.42. The number of sulfonamides is 1. The van der Waals surface area contributed by atoms with Crippen LogP contribution in [0.1, 0.15) is 58.8 Å². The second-order valence-electron chi connectivity index (χ2n) is 7.28. The molecule has 0 aromatic heterocycles. The van der Waals surface area contributed by atoms with Crippen LogP contribution in [0.3, 0.4) is 0 Å². The smallest absolute Gasteiger partial charge is 0.254 e. The van der Waals surface area contributed by atoms with Crippen molar-refractivity contribution in [3.8, 4) is 0 Å². The Morgan fingerprint density at radius 3 is 1.78 bits per heavy atom. The van der Waals surface area contributed by atoms with Crippen molar-refractivity contribution >= 4 is 15.9 Å². The Bertz CT molecular complexity index is 633. The van der Waals surface area contributed by atoms with E-state index >= 15 is 0 Å². The molecule has 0 aliphatic heterocycles. The SMILES string of the molecule is CC(C)N(C(=O)c1ccc(S(=O)(=O)NC(C)(C)C)cc1)C(C)C. The van der Waals surface area contributed by atoms with Crippen LogP contribution in [-0.4, -0.2) is 36.8 Å². The van der Waals surface area contributed by atoms with Crippen LogP contribution in [0.2, 0.25) is 0 Å². The van der Waals surface area contributed by atoms with Crippen molar-refractivity contribution in [1.82, 2.24) is 9.62 Å². The minimum atomic E-state index is -3.59. The summed E-state index contributed by atoms with van der Waals surface area (Å²) < 4.78 is 27.1. The molecular formula is C17H28N2O3S. The van der Waals surface area contributed by atoms with Crippen LogP contribution in [0.5, 0.6) is 0 Å². The second-order valence-corrected chi connectivity index (χ2v) is 8.96. The number of benzene rings is 1. The first-order chi connectivity index (χ1) is 10.3. The fourth-order valence-corrected chi connectivity index (χ4v) is 3.87. The van der Waals surface area contributed by atoms with Gasteiger partial charge in [-0.2, -0.15) is 0 Å². The number of carbonyl (C=O) groups excluding carboxylic acids is 1. The highest BCUT2D eigenvalue weighted by Gasteiger charge is 2.24. The normalized spacial score (nSPS) is 12.7. The van der Waals surface area contributed by atoms with Gasteiger partial charge >= 0.3 is 0 Å². The minimum absolute atomic E-state index is 0.0773. The Balaban J connectivity index is 3.07. The number of nitrogens with zero attached hydrogens (tertiary/aromatic N) is 1. The number of rotatable bonds is 5. The largest absolute Gasteiger partial charge is 0.334 e. The van der Waals surface area contributed by atoms with Gasteiger partial charge in [0.15, 0.2) is 0 Å². The fourth-order valence-electron chi connectivity index (χ4n) is 2.45. The topological polar surface area (TPSA) is 66.5 Å². The van der Waals surface area contributed by atoms with E-state index in [4.69, 9.17) is 0 Å². The molecule has 6 heteroatoms. The Kier molecular flexibility index (Phi) is 5.99. The van der Waals surface area contributed by atoms with Crippen molar-refractivity contribution in [1.29, 1.82) is 0 Å². The van der Waals surface area contributed by atoms with Gasteiger partial charge < -0.3 is 4.90 Å². The maximum atomic E-state index is 12.6. The molecule has 0 aliphatic carbocycles. The molecule has 0 heterocycles. The van der Waals surface area contributed by atoms with Crippen LogP contribution >= 0.6 is 0 Å². The van der Waals surface area contributed by atoms with Crippen molar-refractivity contribution in [2.75, 3.05) is 0 Å². The lowest BCUT2D eigenvalue weighted by atomic mass is 10.1. The van der Waals surface area contributed by atoms with Crippen LogP contribution in [0.4, 0.5) is 0 Å². The Morgan fingerprint density at radius 2 is 1.43 bits per heavy atom. The third-order valence-corrected chi connectivity index (χ3v) is 4.97. The van der Waals surface area contributed by atoms with Crippen LogP contribution in [-0.2, 0) is 10.0 Å². The van der Waals surface area contributed by atoms with Crippen molar-refractivity contribution in [2.45, 2.75) is 71.0 Å². The van der Waals surface area contributed by atoms with E-state index in [1.807, 2.05) is 27.7 Å². The molecule has 0 atom stereocenters. The Labute approximate surface area is 140 Å². The summed E-state index contributed by atoms with van der Waals surface area (Å²) in [5.41, 5.74) is -0.0681. The molecule has 1 N–H and O–H groups in total. The predicted octanol–water partition coefficient (Wildman–Crippen LogP) is 3.02. The van der Waals surface area contributed by atoms with Crippen molar-refractivity contribution in [2.24, 2.45) is 0 Å². The third-order valence-electron chi connectivity index (χ3n) is 3.20. The number of carbonyl (C=O) groups is 1. The molecular weight excluding hydrogens is 312 g/mol. The summed E-state index contributed by atoms with van der Waals surface area (Å²) >= 11 is 0. The molecule has 1 aromatic carbocycles. The van der Waals surface area contributed by atoms with E-state index in [1.54, 1.807) is 37.8 Å². The monoisotopic (exact) mass is 340 g/mol. The molecule has 5 nitrogen and oxygen atoms in total. The summed E-state index contributed by atoms with van der Waals surface area (Å²) in [4.78, 5) is 14.5. The van der Waals surface area contributed by atoms with E-state index in [0.717, 1.165) is 0 Å². The molecule has 23 heavy (non-hydrogen) atoms. The summed E-state index contributed by atoms with van der Waals surface area (Å²) in [5.74, 6) is -0.0947. The lowest BCUT2D eigenvalue weighted by Gasteiger charge is -2.31. The molecule has 0 saturated heterocycles. The van der Waals surface area contributed by atoms with Gasteiger partial charge in [-0.25, -0.2) is 13.1 Å². The average Bonchev–Trinajstić information content (AvgIpc) is 2.35. The quantitative estimate of drug-likeness (QED) is 0.896. The van der Waals surface area contributed by atoms with E-state index < -0.39 is 15.6 Å². The molecule has 0 fully saturated rings. The number of hydrogen-bond donors (Lipinski definition) is 1. The average molecular weight is 340 g/mol. The standard InChI is InChI=1S/C17H28N2O3S/c1-12(2)19(13(3)4)16(20)14-8-10-15(11-9-14)23(21,22)18-17(5,6)7/h8-13,18H,1-7H3. The molecule has 0 radical (unpaired) electrons. The fraction of sp³-hybridized carbons (Fsp3) is 0.588. The number of hydrogen-bond acceptors (Lipinski definition) is 3. The predicted molar refractivity (Wildman–Crippen MR) is 93.0 cm³/mol. The van der Waals surface area contributed by atoms with Crippen LogP contribution in [0, 0.1) is 0 Å². The summed E-state index contributed by atoms with van der Waals surface area (Å²) in [5, 5.41) is 0. The van der Waals surface area contributed by atoms with Crippen molar-refractivity contribution in [3.63, 3.8) is 0 Å². The van der Waals surface area contributed by atoms with E-state index in [-0.39, 0.29) is 22.9 Å². The molecule has 1 rings (SSSR count). The first-order valence-electron chi connectivity index (χ1n) is 7.82. The van der Waals surface area contributed by atoms with E-state index in [9.17, 15) is 13.2 Å². The second kappa shape index (κ2) is 7.01. The first-order valence-corrected chi connectivity index (χ1v) is 9.30.